The number of ether oxygens (including phenoxy) is 1. The summed E-state index contributed by atoms with van der Waals surface area (Å²) in [6, 6.07) is 0.799. The topological polar surface area (TPSA) is 29.5 Å². The van der Waals surface area contributed by atoms with E-state index in [0.29, 0.717) is 12.1 Å². The molecule has 2 aliphatic heterocycles. The molecule has 106 valence electrons. The molecule has 2 saturated heterocycles. The summed E-state index contributed by atoms with van der Waals surface area (Å²) in [7, 11) is 0. The van der Waals surface area contributed by atoms with Gasteiger partial charge in [-0.25, -0.2) is 4.79 Å². The number of rotatable bonds is 0. The van der Waals surface area contributed by atoms with Crippen LogP contribution < -0.4 is 0 Å². The second kappa shape index (κ2) is 4.53. The molecule has 2 atom stereocenters. The SMILES string of the molecule is CC(C)(C)OC(=O)N1C2CC[C@@H]1CC(=C1CCC1)C2. The third kappa shape index (κ3) is 2.52. The Kier molecular flexibility index (Phi) is 3.11. The minimum atomic E-state index is -0.386. The molecule has 0 aromatic carbocycles. The van der Waals surface area contributed by atoms with Crippen molar-refractivity contribution in [3.63, 3.8) is 0 Å². The fraction of sp³-hybridized carbons (Fsp3) is 0.812. The third-order valence-electron chi connectivity index (χ3n) is 4.65. The van der Waals surface area contributed by atoms with E-state index in [-0.39, 0.29) is 11.7 Å². The highest BCUT2D eigenvalue weighted by atomic mass is 16.6. The van der Waals surface area contributed by atoms with Crippen LogP contribution in [0.15, 0.2) is 11.1 Å². The summed E-state index contributed by atoms with van der Waals surface area (Å²) in [6.45, 7) is 5.83. The van der Waals surface area contributed by atoms with Crippen LogP contribution in [-0.4, -0.2) is 28.7 Å². The van der Waals surface area contributed by atoms with Gasteiger partial charge in [0.2, 0.25) is 0 Å². The Morgan fingerprint density at radius 2 is 1.68 bits per heavy atom. The van der Waals surface area contributed by atoms with Gasteiger partial charge in [0.1, 0.15) is 5.60 Å². The van der Waals surface area contributed by atoms with Crippen LogP contribution in [0.5, 0.6) is 0 Å². The molecule has 1 unspecified atom stereocenters. The molecule has 2 heterocycles. The summed E-state index contributed by atoms with van der Waals surface area (Å²) in [4.78, 5) is 14.4. The van der Waals surface area contributed by atoms with Crippen molar-refractivity contribution in [1.82, 2.24) is 4.90 Å². The molecule has 19 heavy (non-hydrogen) atoms. The minimum Gasteiger partial charge on any atom is -0.444 e. The maximum absolute atomic E-state index is 12.3. The summed E-state index contributed by atoms with van der Waals surface area (Å²) in [6.07, 6.45) is 8.39. The molecule has 3 aliphatic rings. The van der Waals surface area contributed by atoms with E-state index in [1.807, 2.05) is 25.7 Å². The van der Waals surface area contributed by atoms with E-state index in [1.165, 1.54) is 19.3 Å². The predicted octanol–water partition coefficient (Wildman–Crippen LogP) is 4.03. The van der Waals surface area contributed by atoms with Crippen LogP contribution in [0.4, 0.5) is 4.79 Å². The van der Waals surface area contributed by atoms with Crippen LogP contribution in [0.25, 0.3) is 0 Å². The summed E-state index contributed by atoms with van der Waals surface area (Å²) < 4.78 is 5.56. The fourth-order valence-corrected chi connectivity index (χ4v) is 3.62. The number of allylic oxidation sites excluding steroid dienone is 1. The van der Waals surface area contributed by atoms with Gasteiger partial charge in [-0.1, -0.05) is 11.1 Å². The third-order valence-corrected chi connectivity index (χ3v) is 4.65. The van der Waals surface area contributed by atoms with E-state index in [1.54, 1.807) is 11.1 Å². The van der Waals surface area contributed by atoms with Crippen LogP contribution >= 0.6 is 0 Å². The summed E-state index contributed by atoms with van der Waals surface area (Å²) in [5, 5.41) is 0. The molecule has 0 spiro atoms. The Morgan fingerprint density at radius 3 is 2.11 bits per heavy atom. The van der Waals surface area contributed by atoms with Crippen molar-refractivity contribution in [3.8, 4) is 0 Å². The molecule has 1 aliphatic carbocycles. The number of amides is 1. The lowest BCUT2D eigenvalue weighted by atomic mass is 9.82. The van der Waals surface area contributed by atoms with E-state index in [4.69, 9.17) is 4.74 Å². The second-order valence-electron chi connectivity index (χ2n) is 7.24. The Balaban J connectivity index is 1.71. The van der Waals surface area contributed by atoms with Gasteiger partial charge in [-0.2, -0.15) is 0 Å². The van der Waals surface area contributed by atoms with Gasteiger partial charge in [0.15, 0.2) is 0 Å². The predicted molar refractivity (Wildman–Crippen MR) is 75.0 cm³/mol. The average molecular weight is 263 g/mol. The minimum absolute atomic E-state index is 0.0994. The number of hydrogen-bond acceptors (Lipinski definition) is 2. The van der Waals surface area contributed by atoms with Gasteiger partial charge in [-0.05, 0) is 65.7 Å². The molecule has 3 nitrogen and oxygen atoms in total. The molecule has 0 aromatic rings. The number of carbonyl (C=O) groups is 1. The van der Waals surface area contributed by atoms with Gasteiger partial charge in [-0.15, -0.1) is 0 Å². The number of carbonyl (C=O) groups excluding carboxylic acids is 1. The van der Waals surface area contributed by atoms with Crippen LogP contribution in [0.2, 0.25) is 0 Å². The van der Waals surface area contributed by atoms with Gasteiger partial charge in [0.05, 0.1) is 0 Å². The fourth-order valence-electron chi connectivity index (χ4n) is 3.62. The van der Waals surface area contributed by atoms with Crippen molar-refractivity contribution in [1.29, 1.82) is 0 Å². The highest BCUT2D eigenvalue weighted by molar-refractivity contribution is 5.70. The molecule has 3 rings (SSSR count). The van der Waals surface area contributed by atoms with Crippen LogP contribution in [0, 0.1) is 0 Å². The highest BCUT2D eigenvalue weighted by Gasteiger charge is 2.43. The molecular formula is C16H25NO2. The van der Waals surface area contributed by atoms with Crippen molar-refractivity contribution in [2.45, 2.75) is 83.4 Å². The van der Waals surface area contributed by atoms with Crippen LogP contribution in [-0.2, 0) is 4.74 Å². The number of hydrogen-bond donors (Lipinski definition) is 0. The Labute approximate surface area is 116 Å². The van der Waals surface area contributed by atoms with Gasteiger partial charge >= 0.3 is 6.09 Å². The lowest BCUT2D eigenvalue weighted by molar-refractivity contribution is 0.0113. The van der Waals surface area contributed by atoms with Crippen LogP contribution in [0.1, 0.15) is 65.7 Å². The summed E-state index contributed by atoms with van der Waals surface area (Å²) in [5.41, 5.74) is 2.97. The summed E-state index contributed by atoms with van der Waals surface area (Å²) >= 11 is 0. The Hall–Kier alpha value is -0.990. The van der Waals surface area contributed by atoms with Crippen molar-refractivity contribution in [3.05, 3.63) is 11.1 Å². The zero-order valence-electron chi connectivity index (χ0n) is 12.4. The second-order valence-corrected chi connectivity index (χ2v) is 7.24. The van der Waals surface area contributed by atoms with E-state index >= 15 is 0 Å². The van der Waals surface area contributed by atoms with Gasteiger partial charge in [0.25, 0.3) is 0 Å². The van der Waals surface area contributed by atoms with E-state index < -0.39 is 0 Å². The molecular weight excluding hydrogens is 238 g/mol. The zero-order valence-corrected chi connectivity index (χ0v) is 12.4. The van der Waals surface area contributed by atoms with Gasteiger partial charge in [0, 0.05) is 12.1 Å². The molecule has 0 radical (unpaired) electrons. The van der Waals surface area contributed by atoms with E-state index in [9.17, 15) is 4.79 Å². The maximum Gasteiger partial charge on any atom is 0.410 e. The molecule has 0 aromatic heterocycles. The van der Waals surface area contributed by atoms with Crippen LogP contribution in [0.3, 0.4) is 0 Å². The molecule has 2 bridgehead atoms. The first-order valence-corrected chi connectivity index (χ1v) is 7.65. The van der Waals surface area contributed by atoms with Crippen molar-refractivity contribution in [2.75, 3.05) is 0 Å². The number of nitrogens with zero attached hydrogens (tertiary/aromatic N) is 1. The largest absolute Gasteiger partial charge is 0.444 e. The maximum atomic E-state index is 12.3. The van der Waals surface area contributed by atoms with Crippen molar-refractivity contribution in [2.24, 2.45) is 0 Å². The summed E-state index contributed by atoms with van der Waals surface area (Å²) in [5.74, 6) is 0. The normalized spacial score (nSPS) is 30.4. The number of fused-ring (bicyclic) bond motifs is 2. The lowest BCUT2D eigenvalue weighted by Gasteiger charge is -2.39. The molecule has 3 fully saturated rings. The zero-order chi connectivity index (χ0) is 13.6. The standard InChI is InChI=1S/C16H25NO2/c1-16(2,3)19-15(18)17-13-7-8-14(17)10-12(9-13)11-5-4-6-11/h13-14H,4-10H2,1-3H3/t13-,14?/m1/s1. The quantitative estimate of drug-likeness (QED) is 0.618. The molecule has 0 N–H and O–H groups in total. The monoisotopic (exact) mass is 263 g/mol. The Morgan fingerprint density at radius 1 is 1.11 bits per heavy atom. The van der Waals surface area contributed by atoms with E-state index in [2.05, 4.69) is 0 Å². The molecule has 3 heteroatoms. The first kappa shape index (κ1) is 13.0. The first-order valence-electron chi connectivity index (χ1n) is 7.65. The van der Waals surface area contributed by atoms with Crippen molar-refractivity contribution >= 4 is 6.09 Å². The van der Waals surface area contributed by atoms with E-state index in [0.717, 1.165) is 25.7 Å². The number of piperidine rings is 1. The molecule has 1 amide bonds. The Bertz CT molecular complexity index is 397. The lowest BCUT2D eigenvalue weighted by Crippen LogP contribution is -2.47. The smallest absolute Gasteiger partial charge is 0.410 e. The van der Waals surface area contributed by atoms with Gasteiger partial charge < -0.3 is 9.64 Å². The first-order chi connectivity index (χ1) is 8.94. The highest BCUT2D eigenvalue weighted by Crippen LogP contribution is 2.43. The van der Waals surface area contributed by atoms with Crippen molar-refractivity contribution < 1.29 is 9.53 Å². The average Bonchev–Trinajstić information content (AvgIpc) is 2.46. The molecule has 1 saturated carbocycles. The van der Waals surface area contributed by atoms with Gasteiger partial charge in [-0.3, -0.25) is 0 Å².